The lowest BCUT2D eigenvalue weighted by Gasteiger charge is -2.31. The average Bonchev–Trinajstić information content (AvgIpc) is 2.89. The summed E-state index contributed by atoms with van der Waals surface area (Å²) in [4.78, 5) is 16.8. The minimum Gasteiger partial charge on any atom is -0.456 e. The summed E-state index contributed by atoms with van der Waals surface area (Å²) < 4.78 is 5.89. The van der Waals surface area contributed by atoms with E-state index in [9.17, 15) is 4.79 Å². The van der Waals surface area contributed by atoms with Gasteiger partial charge in [-0.3, -0.25) is 9.50 Å². The number of carbonyl (C=O) groups is 1. The van der Waals surface area contributed by atoms with Gasteiger partial charge in [-0.05, 0) is 73.6 Å². The molecule has 4 nitrogen and oxygen atoms in total. The monoisotopic (exact) mass is 424 g/mol. The van der Waals surface area contributed by atoms with Crippen molar-refractivity contribution in [1.82, 2.24) is 9.80 Å². The lowest BCUT2D eigenvalue weighted by atomic mass is 10.0. The number of nitrogens with zero attached hydrogens (tertiary/aromatic N) is 2. The molecule has 0 spiro atoms. The summed E-state index contributed by atoms with van der Waals surface area (Å²) in [7, 11) is 1.95. The molecule has 2 aliphatic rings. The quantitative estimate of drug-likeness (QED) is 0.477. The van der Waals surface area contributed by atoms with E-state index in [1.54, 1.807) is 0 Å². The Bertz CT molecular complexity index is 997. The van der Waals surface area contributed by atoms with Crippen LogP contribution in [0.25, 0.3) is 5.57 Å². The van der Waals surface area contributed by atoms with Crippen molar-refractivity contribution >= 4 is 11.5 Å². The molecule has 1 amide bonds. The third kappa shape index (κ3) is 5.99. The Morgan fingerprint density at radius 3 is 2.74 bits per heavy atom. The number of halogens is 1. The standard InChI is InChI=1S/C26H32N2O2.FH/c1-18-10-11-24(15-19(18)2)20(3)14-21(4)27(6)17-26(29)28-13-12-23-9-7-8-22(5)30-25(23)16-28;/h7,10-11,14-15H,3,9,12-13,16-17H2,1-2,4-6H3;1H/b21-14-;. The Kier molecular flexibility index (Phi) is 8.07. The fraction of sp³-hybridized carbons (Fsp3) is 0.385. The molecular weight excluding hydrogens is 391 g/mol. The van der Waals surface area contributed by atoms with E-state index in [4.69, 9.17) is 4.74 Å². The zero-order chi connectivity index (χ0) is 21.8. The molecule has 0 unspecified atom stereocenters. The Hall–Kier alpha value is -3.04. The summed E-state index contributed by atoms with van der Waals surface area (Å²) >= 11 is 0. The van der Waals surface area contributed by atoms with Gasteiger partial charge in [0.25, 0.3) is 0 Å². The van der Waals surface area contributed by atoms with Gasteiger partial charge in [0, 0.05) is 26.2 Å². The molecule has 0 fully saturated rings. The minimum absolute atomic E-state index is 0. The van der Waals surface area contributed by atoms with E-state index in [0.29, 0.717) is 13.1 Å². The second-order valence-electron chi connectivity index (χ2n) is 8.27. The molecule has 0 saturated heterocycles. The van der Waals surface area contributed by atoms with Crippen molar-refractivity contribution in [3.8, 4) is 0 Å². The van der Waals surface area contributed by atoms with Gasteiger partial charge >= 0.3 is 0 Å². The zero-order valence-corrected chi connectivity index (χ0v) is 19.2. The topological polar surface area (TPSA) is 32.8 Å². The van der Waals surface area contributed by atoms with E-state index in [1.165, 1.54) is 16.7 Å². The predicted molar refractivity (Wildman–Crippen MR) is 125 cm³/mol. The molecule has 0 aliphatic carbocycles. The maximum Gasteiger partial charge on any atom is 0.242 e. The molecule has 2 aliphatic heterocycles. The number of allylic oxidation sites excluding steroid dienone is 4. The Morgan fingerprint density at radius 1 is 1.29 bits per heavy atom. The first-order valence-electron chi connectivity index (χ1n) is 10.5. The van der Waals surface area contributed by atoms with Gasteiger partial charge in [-0.1, -0.05) is 30.5 Å². The van der Waals surface area contributed by atoms with E-state index in [-0.39, 0.29) is 10.6 Å². The molecule has 5 heteroatoms. The zero-order valence-electron chi connectivity index (χ0n) is 19.2. The fourth-order valence-corrected chi connectivity index (χ4v) is 3.65. The number of benzene rings is 1. The van der Waals surface area contributed by atoms with Crippen LogP contribution in [-0.4, -0.2) is 42.4 Å². The second-order valence-corrected chi connectivity index (χ2v) is 8.27. The maximum absolute atomic E-state index is 12.9. The van der Waals surface area contributed by atoms with Crippen molar-refractivity contribution in [1.29, 1.82) is 0 Å². The third-order valence-electron chi connectivity index (χ3n) is 5.93. The Balaban J connectivity index is 0.00000341. The van der Waals surface area contributed by atoms with Gasteiger partial charge in [0.15, 0.2) is 0 Å². The summed E-state index contributed by atoms with van der Waals surface area (Å²) in [6.07, 6.45) is 5.77. The van der Waals surface area contributed by atoms with Crippen LogP contribution in [0.2, 0.25) is 0 Å². The number of aryl methyl sites for hydroxylation is 2. The first kappa shape index (κ1) is 24.2. The molecule has 1 aromatic rings. The smallest absolute Gasteiger partial charge is 0.242 e. The second kappa shape index (κ2) is 10.3. The normalized spacial score (nSPS) is 16.0. The van der Waals surface area contributed by atoms with Crippen molar-refractivity contribution in [3.63, 3.8) is 0 Å². The van der Waals surface area contributed by atoms with Gasteiger partial charge in [-0.25, -0.2) is 0 Å². The largest absolute Gasteiger partial charge is 0.456 e. The molecule has 0 N–H and O–H groups in total. The molecule has 0 radical (unpaired) electrons. The van der Waals surface area contributed by atoms with Crippen LogP contribution in [0.3, 0.4) is 0 Å². The highest BCUT2D eigenvalue weighted by Gasteiger charge is 2.25. The molecular formula is C26H33FN2O2. The third-order valence-corrected chi connectivity index (χ3v) is 5.93. The van der Waals surface area contributed by atoms with Crippen molar-refractivity contribution in [2.24, 2.45) is 0 Å². The number of hydrogen-bond acceptors (Lipinski definition) is 3. The highest BCUT2D eigenvalue weighted by atomic mass is 19.0. The van der Waals surface area contributed by atoms with Crippen molar-refractivity contribution in [2.75, 3.05) is 26.7 Å². The van der Waals surface area contributed by atoms with Gasteiger partial charge in [0.05, 0.1) is 13.1 Å². The first-order chi connectivity index (χ1) is 14.2. The van der Waals surface area contributed by atoms with Gasteiger partial charge < -0.3 is 14.5 Å². The van der Waals surface area contributed by atoms with Crippen molar-refractivity contribution in [2.45, 2.75) is 40.5 Å². The lowest BCUT2D eigenvalue weighted by molar-refractivity contribution is -0.132. The van der Waals surface area contributed by atoms with Crippen molar-refractivity contribution < 1.29 is 14.2 Å². The Morgan fingerprint density at radius 2 is 2.03 bits per heavy atom. The SMILES string of the molecule is C=C(/C=C(/C)N(C)CC(=O)N1CCC2=C(C1)OC(C)=C=CC2)c1ccc(C)c(C)c1.F. The molecule has 1 aromatic carbocycles. The first-order valence-corrected chi connectivity index (χ1v) is 10.5. The molecule has 0 bridgehead atoms. The molecule has 3 rings (SSSR count). The van der Waals surface area contributed by atoms with Gasteiger partial charge in [-0.15, -0.1) is 0 Å². The lowest BCUT2D eigenvalue weighted by Crippen LogP contribution is -2.42. The van der Waals surface area contributed by atoms with E-state index in [1.807, 2.05) is 42.8 Å². The number of hydrogen-bond donors (Lipinski definition) is 0. The maximum atomic E-state index is 12.9. The van der Waals surface area contributed by atoms with E-state index >= 15 is 0 Å². The summed E-state index contributed by atoms with van der Waals surface area (Å²) in [6, 6.07) is 6.37. The van der Waals surface area contributed by atoms with Crippen LogP contribution in [0.1, 0.15) is 43.4 Å². The summed E-state index contributed by atoms with van der Waals surface area (Å²) in [6.45, 7) is 14.0. The molecule has 0 saturated carbocycles. The van der Waals surface area contributed by atoms with E-state index < -0.39 is 0 Å². The van der Waals surface area contributed by atoms with Crippen LogP contribution >= 0.6 is 0 Å². The highest BCUT2D eigenvalue weighted by molar-refractivity contribution is 5.79. The van der Waals surface area contributed by atoms with Crippen LogP contribution in [0, 0.1) is 13.8 Å². The van der Waals surface area contributed by atoms with Crippen LogP contribution in [0.4, 0.5) is 4.70 Å². The van der Waals surface area contributed by atoms with Crippen LogP contribution in [-0.2, 0) is 9.53 Å². The average molecular weight is 425 g/mol. The summed E-state index contributed by atoms with van der Waals surface area (Å²) in [5.74, 6) is 1.78. The van der Waals surface area contributed by atoms with E-state index in [0.717, 1.165) is 47.7 Å². The molecule has 31 heavy (non-hydrogen) atoms. The molecule has 2 heterocycles. The minimum atomic E-state index is 0. The molecule has 0 aromatic heterocycles. The van der Waals surface area contributed by atoms with Gasteiger partial charge in [0.1, 0.15) is 11.5 Å². The summed E-state index contributed by atoms with van der Waals surface area (Å²) in [5, 5.41) is 0. The highest BCUT2D eigenvalue weighted by Crippen LogP contribution is 2.26. The molecule has 0 atom stereocenters. The predicted octanol–water partition coefficient (Wildman–Crippen LogP) is 5.27. The number of carbonyl (C=O) groups excluding carboxylic acids is 1. The van der Waals surface area contributed by atoms with Gasteiger partial charge in [-0.2, -0.15) is 0 Å². The number of rotatable bonds is 5. The number of ether oxygens (including phenoxy) is 1. The van der Waals surface area contributed by atoms with Crippen LogP contribution in [0.15, 0.2) is 65.4 Å². The summed E-state index contributed by atoms with van der Waals surface area (Å²) in [5.41, 5.74) is 10.00. The molecule has 166 valence electrons. The van der Waals surface area contributed by atoms with Crippen molar-refractivity contribution in [3.05, 3.63) is 82.1 Å². The fourth-order valence-electron chi connectivity index (χ4n) is 3.65. The number of likely N-dealkylation sites (N-methyl/N-ethyl adjacent to an activating group) is 1. The number of amides is 1. The Labute approximate surface area is 185 Å². The van der Waals surface area contributed by atoms with Crippen LogP contribution in [0.5, 0.6) is 0 Å². The van der Waals surface area contributed by atoms with E-state index in [2.05, 4.69) is 44.4 Å². The van der Waals surface area contributed by atoms with Gasteiger partial charge in [0.2, 0.25) is 5.91 Å². The van der Waals surface area contributed by atoms with Crippen LogP contribution < -0.4 is 0 Å².